The predicted molar refractivity (Wildman–Crippen MR) is 94.8 cm³/mol. The molecule has 3 aromatic rings. The van der Waals surface area contributed by atoms with E-state index in [2.05, 4.69) is 4.98 Å². The fourth-order valence-electron chi connectivity index (χ4n) is 2.95. The monoisotopic (exact) mass is 380 g/mol. The van der Waals surface area contributed by atoms with Crippen molar-refractivity contribution in [3.05, 3.63) is 52.3 Å². The molecule has 9 heteroatoms. The molecule has 0 amide bonds. The van der Waals surface area contributed by atoms with Crippen molar-refractivity contribution < 1.29 is 17.9 Å². The van der Waals surface area contributed by atoms with E-state index in [-0.39, 0.29) is 28.2 Å². The minimum absolute atomic E-state index is 0.0640. The predicted octanol–water partition coefficient (Wildman–Crippen LogP) is 2.79. The van der Waals surface area contributed by atoms with Gasteiger partial charge in [0, 0.05) is 31.5 Å². The highest BCUT2D eigenvalue weighted by Gasteiger charge is 2.35. The number of alkyl halides is 3. The summed E-state index contributed by atoms with van der Waals surface area (Å²) in [7, 11) is 6.48. The second-order valence-corrected chi connectivity index (χ2v) is 6.51. The Morgan fingerprint density at radius 1 is 1.19 bits per heavy atom. The Labute approximate surface area is 153 Å². The molecule has 144 valence electrons. The molecule has 0 atom stereocenters. The Morgan fingerprint density at radius 3 is 2.48 bits per heavy atom. The maximum atomic E-state index is 13.6. The van der Waals surface area contributed by atoms with E-state index >= 15 is 0 Å². The van der Waals surface area contributed by atoms with E-state index in [9.17, 15) is 18.0 Å². The van der Waals surface area contributed by atoms with E-state index in [4.69, 9.17) is 4.74 Å². The molecule has 0 fully saturated rings. The van der Waals surface area contributed by atoms with E-state index in [0.717, 1.165) is 6.07 Å². The van der Waals surface area contributed by atoms with Crippen LogP contribution < -0.4 is 10.4 Å². The first-order chi connectivity index (χ1) is 12.6. The summed E-state index contributed by atoms with van der Waals surface area (Å²) in [6.45, 7) is 0.457. The summed E-state index contributed by atoms with van der Waals surface area (Å²) in [5, 5.41) is 0. The van der Waals surface area contributed by atoms with Crippen LogP contribution in [0.1, 0.15) is 11.3 Å². The zero-order chi connectivity index (χ0) is 19.9. The Bertz CT molecular complexity index is 1050. The van der Waals surface area contributed by atoms with Crippen molar-refractivity contribution in [3.63, 3.8) is 0 Å². The molecule has 6 nitrogen and oxygen atoms in total. The summed E-state index contributed by atoms with van der Waals surface area (Å²) in [6, 6.07) is 3.73. The number of aryl methyl sites for hydroxylation is 1. The molecule has 0 N–H and O–H groups in total. The molecule has 27 heavy (non-hydrogen) atoms. The first kappa shape index (κ1) is 19.0. The van der Waals surface area contributed by atoms with Crippen molar-refractivity contribution in [1.82, 2.24) is 18.9 Å². The van der Waals surface area contributed by atoms with Crippen LogP contribution in [0.15, 0.2) is 35.4 Å². The number of benzene rings is 1. The number of hydrogen-bond donors (Lipinski definition) is 0. The molecule has 0 aliphatic heterocycles. The first-order valence-corrected chi connectivity index (χ1v) is 8.09. The zero-order valence-corrected chi connectivity index (χ0v) is 15.3. The molecule has 0 saturated carbocycles. The maximum absolute atomic E-state index is 13.6. The maximum Gasteiger partial charge on any atom is 0.417 e. The number of rotatable bonds is 4. The average molecular weight is 380 g/mol. The number of fused-ring (bicyclic) bond motifs is 1. The third-order valence-electron chi connectivity index (χ3n) is 4.13. The van der Waals surface area contributed by atoms with Crippen molar-refractivity contribution in [2.24, 2.45) is 7.05 Å². The van der Waals surface area contributed by atoms with Gasteiger partial charge in [0.2, 0.25) is 0 Å². The molecular weight excluding hydrogens is 361 g/mol. The van der Waals surface area contributed by atoms with Crippen molar-refractivity contribution in [2.45, 2.75) is 12.7 Å². The van der Waals surface area contributed by atoms with E-state index in [1.54, 1.807) is 6.20 Å². The number of methoxy groups -OCH3 is 1. The summed E-state index contributed by atoms with van der Waals surface area (Å²) in [5.41, 5.74) is -0.298. The van der Waals surface area contributed by atoms with E-state index < -0.39 is 11.7 Å². The molecule has 3 rings (SSSR count). The molecule has 2 heterocycles. The second-order valence-electron chi connectivity index (χ2n) is 6.51. The van der Waals surface area contributed by atoms with Crippen molar-refractivity contribution in [3.8, 4) is 16.9 Å². The number of ether oxygens (including phenoxy) is 1. The van der Waals surface area contributed by atoms with Gasteiger partial charge in [-0.15, -0.1) is 0 Å². The largest absolute Gasteiger partial charge is 0.497 e. The Kier molecular flexibility index (Phi) is 4.73. The van der Waals surface area contributed by atoms with Crippen LogP contribution in [0.3, 0.4) is 0 Å². The van der Waals surface area contributed by atoms with E-state index in [1.807, 2.05) is 19.0 Å². The lowest BCUT2D eigenvalue weighted by Crippen LogP contribution is -2.24. The van der Waals surface area contributed by atoms with Crippen LogP contribution in [-0.2, 0) is 19.8 Å². The SMILES string of the molecule is COc1ccc(-c2cn(C)c(=O)n3cc(CN(C)C)nc23)c(C(F)(F)F)c1. The molecule has 0 unspecified atom stereocenters. The van der Waals surface area contributed by atoms with Gasteiger partial charge in [-0.2, -0.15) is 13.2 Å². The fraction of sp³-hybridized carbons (Fsp3) is 0.333. The number of imidazole rings is 1. The molecule has 0 saturated heterocycles. The van der Waals surface area contributed by atoms with Gasteiger partial charge in [0.25, 0.3) is 0 Å². The topological polar surface area (TPSA) is 51.8 Å². The lowest BCUT2D eigenvalue weighted by molar-refractivity contribution is -0.137. The highest BCUT2D eigenvalue weighted by Crippen LogP contribution is 2.40. The molecular formula is C18H19F3N4O2. The molecule has 0 radical (unpaired) electrons. The summed E-state index contributed by atoms with van der Waals surface area (Å²) < 4.78 is 48.4. The Hall–Kier alpha value is -2.81. The van der Waals surface area contributed by atoms with Gasteiger partial charge in [0.15, 0.2) is 5.65 Å². The van der Waals surface area contributed by atoms with Crippen molar-refractivity contribution in [1.29, 1.82) is 0 Å². The van der Waals surface area contributed by atoms with Crippen LogP contribution in [-0.4, -0.2) is 40.1 Å². The smallest absolute Gasteiger partial charge is 0.417 e. The van der Waals surface area contributed by atoms with Gasteiger partial charge < -0.3 is 14.2 Å². The van der Waals surface area contributed by atoms with Crippen LogP contribution >= 0.6 is 0 Å². The third-order valence-corrected chi connectivity index (χ3v) is 4.13. The summed E-state index contributed by atoms with van der Waals surface area (Å²) in [4.78, 5) is 18.7. The molecule has 1 aromatic carbocycles. The van der Waals surface area contributed by atoms with E-state index in [0.29, 0.717) is 12.2 Å². The van der Waals surface area contributed by atoms with Crippen LogP contribution in [0.5, 0.6) is 5.75 Å². The molecule has 0 bridgehead atoms. The quantitative estimate of drug-likeness (QED) is 0.699. The highest BCUT2D eigenvalue weighted by molar-refractivity contribution is 5.80. The van der Waals surface area contributed by atoms with Crippen molar-refractivity contribution in [2.75, 3.05) is 21.2 Å². The number of halogens is 3. The molecule has 0 aliphatic rings. The molecule has 0 aliphatic carbocycles. The second kappa shape index (κ2) is 6.73. The normalized spacial score (nSPS) is 12.1. The van der Waals surface area contributed by atoms with Gasteiger partial charge >= 0.3 is 11.9 Å². The third kappa shape index (κ3) is 3.55. The van der Waals surface area contributed by atoms with Gasteiger partial charge in [-0.1, -0.05) is 0 Å². The highest BCUT2D eigenvalue weighted by atomic mass is 19.4. The number of aromatic nitrogens is 3. The summed E-state index contributed by atoms with van der Waals surface area (Å²) >= 11 is 0. The van der Waals surface area contributed by atoms with Crippen molar-refractivity contribution >= 4 is 5.65 Å². The number of nitrogens with zero attached hydrogens (tertiary/aromatic N) is 4. The Morgan fingerprint density at radius 2 is 1.89 bits per heavy atom. The van der Waals surface area contributed by atoms with Crippen LogP contribution in [0.25, 0.3) is 16.8 Å². The van der Waals surface area contributed by atoms with Gasteiger partial charge in [-0.3, -0.25) is 4.40 Å². The minimum Gasteiger partial charge on any atom is -0.497 e. The van der Waals surface area contributed by atoms with Gasteiger partial charge in [-0.05, 0) is 37.9 Å². The minimum atomic E-state index is -4.59. The zero-order valence-electron chi connectivity index (χ0n) is 15.3. The first-order valence-electron chi connectivity index (χ1n) is 8.09. The van der Waals surface area contributed by atoms with Gasteiger partial charge in [-0.25, -0.2) is 9.78 Å². The lowest BCUT2D eigenvalue weighted by Gasteiger charge is -2.15. The van der Waals surface area contributed by atoms with Crippen LogP contribution in [0.2, 0.25) is 0 Å². The van der Waals surface area contributed by atoms with Gasteiger partial charge in [0.1, 0.15) is 5.75 Å². The molecule has 2 aromatic heterocycles. The van der Waals surface area contributed by atoms with Gasteiger partial charge in [0.05, 0.1) is 18.4 Å². The molecule has 0 spiro atoms. The van der Waals surface area contributed by atoms with Crippen LogP contribution in [0.4, 0.5) is 13.2 Å². The number of hydrogen-bond acceptors (Lipinski definition) is 4. The van der Waals surface area contributed by atoms with E-state index in [1.165, 1.54) is 41.5 Å². The average Bonchev–Trinajstić information content (AvgIpc) is 3.00. The standard InChI is InChI=1S/C18H19F3N4O2/c1-23(2)8-11-9-25-16(22-11)14(10-24(3)17(25)26)13-6-5-12(27-4)7-15(13)18(19,20)21/h5-7,9-10H,8H2,1-4H3. The van der Waals surface area contributed by atoms with Crippen LogP contribution in [0, 0.1) is 0 Å². The fourth-order valence-corrected chi connectivity index (χ4v) is 2.95. The summed E-state index contributed by atoms with van der Waals surface area (Å²) in [5.74, 6) is 0.101. The lowest BCUT2D eigenvalue weighted by atomic mass is 10.0. The summed E-state index contributed by atoms with van der Waals surface area (Å²) in [6.07, 6.45) is -1.66. The Balaban J connectivity index is 2.33.